The summed E-state index contributed by atoms with van der Waals surface area (Å²) >= 11 is 1.84. The minimum Gasteiger partial charge on any atom is -0.383 e. The van der Waals surface area contributed by atoms with Crippen molar-refractivity contribution in [3.05, 3.63) is 21.9 Å². The third-order valence-electron chi connectivity index (χ3n) is 4.37. The van der Waals surface area contributed by atoms with E-state index >= 15 is 0 Å². The number of hydrogen-bond acceptors (Lipinski definition) is 4. The summed E-state index contributed by atoms with van der Waals surface area (Å²) in [4.78, 5) is 4.00. The molecule has 0 spiro atoms. The van der Waals surface area contributed by atoms with E-state index in [4.69, 9.17) is 10.5 Å². The van der Waals surface area contributed by atoms with Crippen molar-refractivity contribution in [2.45, 2.75) is 65.1 Å². The molecule has 1 aromatic rings. The van der Waals surface area contributed by atoms with E-state index in [0.29, 0.717) is 12.1 Å². The molecule has 2 N–H and O–H groups in total. The van der Waals surface area contributed by atoms with E-state index in [1.54, 1.807) is 7.11 Å². The van der Waals surface area contributed by atoms with Crippen molar-refractivity contribution in [3.8, 4) is 0 Å². The van der Waals surface area contributed by atoms with Crippen LogP contribution < -0.4 is 5.73 Å². The zero-order valence-electron chi connectivity index (χ0n) is 14.3. The van der Waals surface area contributed by atoms with Gasteiger partial charge >= 0.3 is 0 Å². The largest absolute Gasteiger partial charge is 0.383 e. The van der Waals surface area contributed by atoms with Crippen molar-refractivity contribution in [2.75, 3.05) is 20.3 Å². The van der Waals surface area contributed by atoms with Crippen LogP contribution in [0.15, 0.2) is 11.4 Å². The molecule has 4 heteroatoms. The van der Waals surface area contributed by atoms with E-state index < -0.39 is 0 Å². The third-order valence-corrected chi connectivity index (χ3v) is 5.46. The molecule has 1 heterocycles. The molecule has 2 atom stereocenters. The fourth-order valence-corrected chi connectivity index (χ4v) is 4.13. The van der Waals surface area contributed by atoms with Crippen molar-refractivity contribution in [2.24, 2.45) is 5.73 Å². The molecule has 0 radical (unpaired) electrons. The average Bonchev–Trinajstić information content (AvgIpc) is 2.91. The molecular weight excluding hydrogens is 280 g/mol. The third kappa shape index (κ3) is 4.78. The summed E-state index contributed by atoms with van der Waals surface area (Å²) in [5, 5.41) is 2.18. The number of hydrogen-bond donors (Lipinski definition) is 1. The highest BCUT2D eigenvalue weighted by molar-refractivity contribution is 7.10. The summed E-state index contributed by atoms with van der Waals surface area (Å²) in [6.45, 7) is 10.6. The Balaban J connectivity index is 3.13. The highest BCUT2D eigenvalue weighted by Gasteiger charge is 2.31. The van der Waals surface area contributed by atoms with Crippen LogP contribution in [-0.2, 0) is 4.74 Å². The molecule has 0 aliphatic carbocycles. The Morgan fingerprint density at radius 3 is 2.33 bits per heavy atom. The maximum Gasteiger partial charge on any atom is 0.0599 e. The Morgan fingerprint density at radius 2 is 1.90 bits per heavy atom. The first-order valence-corrected chi connectivity index (χ1v) is 9.02. The summed E-state index contributed by atoms with van der Waals surface area (Å²) in [6, 6.07) is 3.23. The first kappa shape index (κ1) is 18.6. The average molecular weight is 313 g/mol. The van der Waals surface area contributed by atoms with Crippen LogP contribution in [-0.4, -0.2) is 37.2 Å². The lowest BCUT2D eigenvalue weighted by Gasteiger charge is -2.40. The second kappa shape index (κ2) is 9.57. The van der Waals surface area contributed by atoms with Gasteiger partial charge in [-0.15, -0.1) is 11.3 Å². The van der Waals surface area contributed by atoms with Gasteiger partial charge in [-0.05, 0) is 43.2 Å². The molecule has 122 valence electrons. The van der Waals surface area contributed by atoms with Crippen LogP contribution in [0.2, 0.25) is 0 Å². The van der Waals surface area contributed by atoms with Crippen LogP contribution in [0, 0.1) is 6.92 Å². The Morgan fingerprint density at radius 1 is 1.24 bits per heavy atom. The molecule has 0 aliphatic rings. The lowest BCUT2D eigenvalue weighted by molar-refractivity contribution is 0.0684. The normalized spacial score (nSPS) is 14.9. The monoisotopic (exact) mass is 312 g/mol. The molecular formula is C17H32N2OS. The van der Waals surface area contributed by atoms with Gasteiger partial charge in [0.1, 0.15) is 0 Å². The van der Waals surface area contributed by atoms with Gasteiger partial charge in [0.15, 0.2) is 0 Å². The molecule has 2 unspecified atom stereocenters. The van der Waals surface area contributed by atoms with Gasteiger partial charge in [0.2, 0.25) is 0 Å². The Kier molecular flexibility index (Phi) is 8.49. The van der Waals surface area contributed by atoms with Crippen LogP contribution in [0.25, 0.3) is 0 Å². The van der Waals surface area contributed by atoms with Gasteiger partial charge in [-0.3, -0.25) is 4.90 Å². The van der Waals surface area contributed by atoms with Crippen LogP contribution in [0.1, 0.15) is 56.5 Å². The van der Waals surface area contributed by atoms with E-state index in [9.17, 15) is 0 Å². The van der Waals surface area contributed by atoms with Crippen molar-refractivity contribution in [1.82, 2.24) is 4.90 Å². The topological polar surface area (TPSA) is 38.5 Å². The Hall–Kier alpha value is -0.420. The van der Waals surface area contributed by atoms with Crippen molar-refractivity contribution >= 4 is 11.3 Å². The quantitative estimate of drug-likeness (QED) is 0.710. The van der Waals surface area contributed by atoms with Gasteiger partial charge in [-0.1, -0.05) is 20.8 Å². The minimum absolute atomic E-state index is 0.166. The lowest BCUT2D eigenvalue weighted by atomic mass is 9.97. The minimum atomic E-state index is 0.166. The molecule has 0 bridgehead atoms. The first-order chi connectivity index (χ1) is 10.1. The second-order valence-electron chi connectivity index (χ2n) is 5.69. The van der Waals surface area contributed by atoms with Crippen LogP contribution >= 0.6 is 11.3 Å². The van der Waals surface area contributed by atoms with Gasteiger partial charge in [0.05, 0.1) is 12.6 Å². The van der Waals surface area contributed by atoms with Crippen molar-refractivity contribution in [3.63, 3.8) is 0 Å². The van der Waals surface area contributed by atoms with E-state index in [1.165, 1.54) is 10.4 Å². The van der Waals surface area contributed by atoms with E-state index in [1.807, 2.05) is 11.3 Å². The molecule has 0 aromatic carbocycles. The molecule has 0 saturated carbocycles. The van der Waals surface area contributed by atoms with Crippen LogP contribution in [0.4, 0.5) is 0 Å². The van der Waals surface area contributed by atoms with Crippen molar-refractivity contribution < 1.29 is 4.74 Å². The Bertz CT molecular complexity index is 390. The van der Waals surface area contributed by atoms with E-state index in [-0.39, 0.29) is 6.04 Å². The number of aryl methyl sites for hydroxylation is 1. The van der Waals surface area contributed by atoms with Crippen molar-refractivity contribution in [1.29, 1.82) is 0 Å². The smallest absolute Gasteiger partial charge is 0.0599 e. The number of methoxy groups -OCH3 is 1. The zero-order valence-corrected chi connectivity index (χ0v) is 15.1. The second-order valence-corrected chi connectivity index (χ2v) is 6.63. The summed E-state index contributed by atoms with van der Waals surface area (Å²) in [7, 11) is 1.77. The molecule has 0 fully saturated rings. The summed E-state index contributed by atoms with van der Waals surface area (Å²) in [6.07, 6.45) is 3.29. The van der Waals surface area contributed by atoms with Gasteiger partial charge in [-0.25, -0.2) is 0 Å². The van der Waals surface area contributed by atoms with E-state index in [2.05, 4.69) is 44.0 Å². The molecule has 0 amide bonds. The molecule has 3 nitrogen and oxygen atoms in total. The predicted octanol–water partition coefficient (Wildman–Crippen LogP) is 3.97. The molecule has 0 aliphatic heterocycles. The SMILES string of the molecule is CCC(N)C(c1sccc1C)N(CCOC)C(CC)CC. The molecule has 21 heavy (non-hydrogen) atoms. The highest BCUT2D eigenvalue weighted by atomic mass is 32.1. The van der Waals surface area contributed by atoms with Crippen LogP contribution in [0.3, 0.4) is 0 Å². The fourth-order valence-electron chi connectivity index (χ4n) is 3.00. The van der Waals surface area contributed by atoms with Gasteiger partial charge in [-0.2, -0.15) is 0 Å². The standard InChI is InChI=1S/C17H32N2OS/c1-6-14(7-2)19(10-11-20-5)16(15(18)8-3)17-13(4)9-12-21-17/h9,12,14-16H,6-8,10-11,18H2,1-5H3. The maximum atomic E-state index is 6.52. The molecule has 1 rings (SSSR count). The zero-order chi connectivity index (χ0) is 15.8. The lowest BCUT2D eigenvalue weighted by Crippen LogP contribution is -2.47. The summed E-state index contributed by atoms with van der Waals surface area (Å²) < 4.78 is 5.34. The van der Waals surface area contributed by atoms with E-state index in [0.717, 1.165) is 32.4 Å². The first-order valence-electron chi connectivity index (χ1n) is 8.14. The highest BCUT2D eigenvalue weighted by Crippen LogP contribution is 2.34. The summed E-state index contributed by atoms with van der Waals surface area (Å²) in [5.74, 6) is 0. The van der Waals surface area contributed by atoms with Gasteiger partial charge in [0, 0.05) is 30.6 Å². The number of ether oxygens (including phenoxy) is 1. The fraction of sp³-hybridized carbons (Fsp3) is 0.765. The van der Waals surface area contributed by atoms with Gasteiger partial charge in [0.25, 0.3) is 0 Å². The molecule has 1 aromatic heterocycles. The maximum absolute atomic E-state index is 6.52. The van der Waals surface area contributed by atoms with Gasteiger partial charge < -0.3 is 10.5 Å². The number of nitrogens with two attached hydrogens (primary N) is 1. The predicted molar refractivity (Wildman–Crippen MR) is 93.0 cm³/mol. The number of thiophene rings is 1. The Labute approximate surface area is 134 Å². The van der Waals surface area contributed by atoms with Crippen LogP contribution in [0.5, 0.6) is 0 Å². The number of rotatable bonds is 10. The molecule has 0 saturated heterocycles. The number of nitrogens with zero attached hydrogens (tertiary/aromatic N) is 1. The summed E-state index contributed by atoms with van der Waals surface area (Å²) in [5.41, 5.74) is 7.88.